The molecule has 4 aliphatic rings. The zero-order chi connectivity index (χ0) is 14.7. The lowest BCUT2D eigenvalue weighted by Crippen LogP contribution is -2.50. The smallest absolute Gasteiger partial charge is 0.258 e. The Labute approximate surface area is 142 Å². The van der Waals surface area contributed by atoms with Crippen molar-refractivity contribution in [2.75, 3.05) is 19.6 Å². The molecule has 2 bridgehead atoms. The van der Waals surface area contributed by atoms with E-state index in [1.54, 1.807) is 0 Å². The third-order valence-electron chi connectivity index (χ3n) is 6.10. The van der Waals surface area contributed by atoms with Gasteiger partial charge in [-0.15, -0.1) is 12.4 Å². The number of pyridine rings is 1. The minimum absolute atomic E-state index is 0. The summed E-state index contributed by atoms with van der Waals surface area (Å²) in [7, 11) is 0. The van der Waals surface area contributed by atoms with Crippen molar-refractivity contribution in [3.63, 3.8) is 0 Å². The second-order valence-corrected chi connectivity index (χ2v) is 7.27. The highest BCUT2D eigenvalue weighted by atomic mass is 35.5. The highest BCUT2D eigenvalue weighted by Crippen LogP contribution is 2.36. The number of benzene rings is 1. The second-order valence-electron chi connectivity index (χ2n) is 7.27. The Bertz CT molecular complexity index is 805. The van der Waals surface area contributed by atoms with Gasteiger partial charge in [-0.3, -0.25) is 4.79 Å². The molecule has 3 saturated heterocycles. The van der Waals surface area contributed by atoms with Gasteiger partial charge in [0.2, 0.25) is 0 Å². The van der Waals surface area contributed by atoms with Gasteiger partial charge in [0.1, 0.15) is 0 Å². The van der Waals surface area contributed by atoms with Gasteiger partial charge in [-0.2, -0.15) is 0 Å². The van der Waals surface area contributed by atoms with Crippen molar-refractivity contribution in [3.8, 4) is 0 Å². The molecule has 0 radical (unpaired) electrons. The quantitative estimate of drug-likeness (QED) is 0.802. The molecule has 1 aromatic carbocycles. The van der Waals surface area contributed by atoms with Gasteiger partial charge >= 0.3 is 0 Å². The number of halogens is 1. The summed E-state index contributed by atoms with van der Waals surface area (Å²) in [6.45, 7) is 3.51. The first-order valence-corrected chi connectivity index (χ1v) is 8.69. The van der Waals surface area contributed by atoms with Crippen LogP contribution < -0.4 is 5.56 Å². The molecule has 122 valence electrons. The molecule has 0 N–H and O–H groups in total. The molecule has 0 unspecified atom stereocenters. The largest absolute Gasteiger partial charge is 0.310 e. The summed E-state index contributed by atoms with van der Waals surface area (Å²) in [5.41, 5.74) is 3.01. The Kier molecular flexibility index (Phi) is 3.73. The Morgan fingerprint density at radius 2 is 1.83 bits per heavy atom. The average molecular weight is 331 g/mol. The maximum absolute atomic E-state index is 13.1. The number of piperidine rings is 3. The first-order chi connectivity index (χ1) is 10.8. The predicted molar refractivity (Wildman–Crippen MR) is 95.7 cm³/mol. The van der Waals surface area contributed by atoms with Crippen LogP contribution >= 0.6 is 12.4 Å². The predicted octanol–water partition coefficient (Wildman–Crippen LogP) is 3.18. The van der Waals surface area contributed by atoms with E-state index in [0.717, 1.165) is 24.8 Å². The normalized spacial score (nSPS) is 28.6. The molecule has 0 saturated carbocycles. The number of aryl methyl sites for hydroxylation is 2. The number of fused-ring (bicyclic) bond motifs is 3. The van der Waals surface area contributed by atoms with E-state index in [9.17, 15) is 4.79 Å². The van der Waals surface area contributed by atoms with Gasteiger partial charge in [0.15, 0.2) is 0 Å². The third kappa shape index (κ3) is 2.25. The van der Waals surface area contributed by atoms with Crippen molar-refractivity contribution in [1.82, 2.24) is 9.47 Å². The van der Waals surface area contributed by atoms with Gasteiger partial charge in [-0.25, -0.2) is 0 Å². The topological polar surface area (TPSA) is 25.2 Å². The number of aromatic nitrogens is 1. The molecular formula is C19H23ClN2O. The van der Waals surface area contributed by atoms with Crippen molar-refractivity contribution >= 4 is 23.2 Å². The number of nitrogens with zero attached hydrogens (tertiary/aromatic N) is 2. The van der Waals surface area contributed by atoms with E-state index in [-0.39, 0.29) is 18.0 Å². The lowest BCUT2D eigenvalue weighted by Gasteiger charge is -2.45. The molecular weight excluding hydrogens is 308 g/mol. The van der Waals surface area contributed by atoms with Gasteiger partial charge < -0.3 is 9.47 Å². The van der Waals surface area contributed by atoms with Crippen LogP contribution in [0.15, 0.2) is 29.2 Å². The fourth-order valence-corrected chi connectivity index (χ4v) is 4.95. The molecule has 3 fully saturated rings. The highest BCUT2D eigenvalue weighted by Gasteiger charge is 2.36. The fraction of sp³-hybridized carbons (Fsp3) is 0.526. The first-order valence-electron chi connectivity index (χ1n) is 8.69. The molecule has 2 aromatic rings. The van der Waals surface area contributed by atoms with Crippen molar-refractivity contribution in [2.24, 2.45) is 5.92 Å². The standard InChI is InChI=1S/C19H22N2O.ClH/c22-19-16-6-2-4-14-3-1-5-15(18(14)16)11-21(19)17-12-20-9-7-13(17)8-10-20;/h2,4,6,11,13,17H,1,3,5,7-10,12H2;1H/t17-;/m0./s1. The monoisotopic (exact) mass is 330 g/mol. The average Bonchev–Trinajstić information content (AvgIpc) is 2.59. The highest BCUT2D eigenvalue weighted by molar-refractivity contribution is 5.88. The third-order valence-corrected chi connectivity index (χ3v) is 6.10. The van der Waals surface area contributed by atoms with Crippen molar-refractivity contribution in [3.05, 3.63) is 45.9 Å². The molecule has 1 aliphatic carbocycles. The van der Waals surface area contributed by atoms with Crippen LogP contribution in [-0.2, 0) is 12.8 Å². The Balaban J connectivity index is 0.00000135. The zero-order valence-electron chi connectivity index (χ0n) is 13.3. The number of hydrogen-bond acceptors (Lipinski definition) is 2. The van der Waals surface area contributed by atoms with Crippen LogP contribution in [0.1, 0.15) is 36.4 Å². The van der Waals surface area contributed by atoms with Gasteiger partial charge in [0.05, 0.1) is 6.04 Å². The van der Waals surface area contributed by atoms with E-state index in [1.165, 1.54) is 48.9 Å². The van der Waals surface area contributed by atoms with Crippen molar-refractivity contribution < 1.29 is 0 Å². The number of hydrogen-bond donors (Lipinski definition) is 0. The summed E-state index contributed by atoms with van der Waals surface area (Å²) < 4.78 is 2.10. The summed E-state index contributed by atoms with van der Waals surface area (Å²) in [6.07, 6.45) is 8.17. The Morgan fingerprint density at radius 3 is 2.57 bits per heavy atom. The van der Waals surface area contributed by atoms with Crippen LogP contribution in [0.4, 0.5) is 0 Å². The summed E-state index contributed by atoms with van der Waals surface area (Å²) in [4.78, 5) is 15.6. The Hall–Kier alpha value is -1.32. The van der Waals surface area contributed by atoms with E-state index in [2.05, 4.69) is 27.8 Å². The van der Waals surface area contributed by atoms with E-state index < -0.39 is 0 Å². The minimum atomic E-state index is 0. The van der Waals surface area contributed by atoms with Crippen LogP contribution in [0.2, 0.25) is 0 Å². The molecule has 23 heavy (non-hydrogen) atoms. The fourth-order valence-electron chi connectivity index (χ4n) is 4.95. The van der Waals surface area contributed by atoms with Crippen molar-refractivity contribution in [2.45, 2.75) is 38.1 Å². The first kappa shape index (κ1) is 15.2. The molecule has 3 aliphatic heterocycles. The zero-order valence-corrected chi connectivity index (χ0v) is 14.1. The summed E-state index contributed by atoms with van der Waals surface area (Å²) in [6, 6.07) is 6.69. The molecule has 0 spiro atoms. The maximum atomic E-state index is 13.1. The van der Waals surface area contributed by atoms with E-state index in [0.29, 0.717) is 12.0 Å². The molecule has 3 nitrogen and oxygen atoms in total. The van der Waals surface area contributed by atoms with E-state index in [1.807, 2.05) is 6.07 Å². The van der Waals surface area contributed by atoms with Gasteiger partial charge in [0, 0.05) is 18.1 Å². The SMILES string of the molecule is Cl.O=c1c2cccc3c2c(cn1[C@H]1CN2CCC1CC2)CCC3. The van der Waals surface area contributed by atoms with Crippen LogP contribution in [0, 0.1) is 5.92 Å². The van der Waals surface area contributed by atoms with E-state index >= 15 is 0 Å². The van der Waals surface area contributed by atoms with Crippen LogP contribution in [0.5, 0.6) is 0 Å². The summed E-state index contributed by atoms with van der Waals surface area (Å²) >= 11 is 0. The van der Waals surface area contributed by atoms with Crippen LogP contribution in [-0.4, -0.2) is 29.1 Å². The molecule has 1 atom stereocenters. The Morgan fingerprint density at radius 1 is 1.04 bits per heavy atom. The van der Waals surface area contributed by atoms with Crippen LogP contribution in [0.3, 0.4) is 0 Å². The van der Waals surface area contributed by atoms with Gasteiger partial charge in [-0.05, 0) is 73.7 Å². The number of rotatable bonds is 1. The van der Waals surface area contributed by atoms with Gasteiger partial charge in [-0.1, -0.05) is 12.1 Å². The maximum Gasteiger partial charge on any atom is 0.258 e. The lowest BCUT2D eigenvalue weighted by molar-refractivity contribution is 0.0555. The lowest BCUT2D eigenvalue weighted by atomic mass is 9.83. The molecule has 4 heteroatoms. The molecule has 4 heterocycles. The van der Waals surface area contributed by atoms with Crippen LogP contribution in [0.25, 0.3) is 10.8 Å². The molecule has 6 rings (SSSR count). The van der Waals surface area contributed by atoms with Gasteiger partial charge in [0.25, 0.3) is 5.56 Å². The van der Waals surface area contributed by atoms with E-state index in [4.69, 9.17) is 0 Å². The molecule has 0 amide bonds. The minimum Gasteiger partial charge on any atom is -0.310 e. The summed E-state index contributed by atoms with van der Waals surface area (Å²) in [5.74, 6) is 0.694. The van der Waals surface area contributed by atoms with Crippen molar-refractivity contribution in [1.29, 1.82) is 0 Å². The second kappa shape index (κ2) is 5.64. The molecule has 1 aromatic heterocycles. The summed E-state index contributed by atoms with van der Waals surface area (Å²) in [5, 5.41) is 2.21.